The second-order valence-corrected chi connectivity index (χ2v) is 5.94. The van der Waals surface area contributed by atoms with Crippen LogP contribution in [0.3, 0.4) is 0 Å². The molecule has 1 heterocycles. The number of amides is 3. The number of fused-ring (bicyclic) bond motifs is 1. The number of hydrazine groups is 1. The van der Waals surface area contributed by atoms with Crippen LogP contribution in [0.1, 0.15) is 35.3 Å². The van der Waals surface area contributed by atoms with Crippen LogP contribution in [-0.4, -0.2) is 24.5 Å². The van der Waals surface area contributed by atoms with Crippen LogP contribution < -0.4 is 25.6 Å². The van der Waals surface area contributed by atoms with Gasteiger partial charge < -0.3 is 14.8 Å². The summed E-state index contributed by atoms with van der Waals surface area (Å²) in [7, 11) is 0. The van der Waals surface area contributed by atoms with Gasteiger partial charge in [0.1, 0.15) is 0 Å². The fourth-order valence-electron chi connectivity index (χ4n) is 2.66. The Bertz CT molecular complexity index is 854. The van der Waals surface area contributed by atoms with Crippen LogP contribution in [-0.2, 0) is 9.59 Å². The predicted molar refractivity (Wildman–Crippen MR) is 95.8 cm³/mol. The average Bonchev–Trinajstić information content (AvgIpc) is 3.13. The number of nitrogens with one attached hydrogen (secondary N) is 3. The summed E-state index contributed by atoms with van der Waals surface area (Å²) < 4.78 is 10.4. The van der Waals surface area contributed by atoms with Crippen molar-refractivity contribution in [1.29, 1.82) is 0 Å². The van der Waals surface area contributed by atoms with Crippen molar-refractivity contribution in [1.82, 2.24) is 16.2 Å². The lowest BCUT2D eigenvalue weighted by atomic mass is 10.0. The second-order valence-electron chi connectivity index (χ2n) is 5.94. The van der Waals surface area contributed by atoms with Crippen molar-refractivity contribution >= 4 is 17.7 Å². The van der Waals surface area contributed by atoms with E-state index in [4.69, 9.17) is 9.47 Å². The van der Waals surface area contributed by atoms with Crippen LogP contribution in [0.5, 0.6) is 11.5 Å². The summed E-state index contributed by atoms with van der Waals surface area (Å²) in [6.07, 6.45) is -0.0228. The van der Waals surface area contributed by atoms with E-state index in [1.165, 1.54) is 13.0 Å². The molecule has 0 saturated carbocycles. The van der Waals surface area contributed by atoms with Gasteiger partial charge in [-0.25, -0.2) is 0 Å². The van der Waals surface area contributed by atoms with Crippen molar-refractivity contribution in [2.75, 3.05) is 6.79 Å². The Labute approximate surface area is 155 Å². The quantitative estimate of drug-likeness (QED) is 0.692. The van der Waals surface area contributed by atoms with Crippen molar-refractivity contribution in [3.63, 3.8) is 0 Å². The highest BCUT2D eigenvalue weighted by Crippen LogP contribution is 2.32. The lowest BCUT2D eigenvalue weighted by Gasteiger charge is -2.18. The molecule has 0 radical (unpaired) electrons. The Morgan fingerprint density at radius 2 is 1.74 bits per heavy atom. The zero-order valence-electron chi connectivity index (χ0n) is 14.7. The summed E-state index contributed by atoms with van der Waals surface area (Å²) in [5.74, 6) is -0.134. The molecule has 3 amide bonds. The van der Waals surface area contributed by atoms with Crippen LogP contribution in [0.2, 0.25) is 0 Å². The molecule has 0 spiro atoms. The molecule has 27 heavy (non-hydrogen) atoms. The number of hydrogen-bond donors (Lipinski definition) is 3. The van der Waals surface area contributed by atoms with Crippen LogP contribution >= 0.6 is 0 Å². The molecule has 1 aliphatic heterocycles. The third-order valence-electron chi connectivity index (χ3n) is 3.92. The largest absolute Gasteiger partial charge is 0.454 e. The molecule has 1 aliphatic rings. The van der Waals surface area contributed by atoms with E-state index in [0.717, 1.165) is 5.56 Å². The first-order chi connectivity index (χ1) is 13.0. The topological polar surface area (TPSA) is 106 Å². The normalized spacial score (nSPS) is 12.8. The van der Waals surface area contributed by atoms with Crippen molar-refractivity contribution in [2.45, 2.75) is 19.4 Å². The molecule has 140 valence electrons. The Morgan fingerprint density at radius 3 is 2.48 bits per heavy atom. The standard InChI is InChI=1S/C19H19N3O5/c1-12(23)20-15(13-5-3-2-4-6-13)10-18(24)21-22-19(25)14-7-8-16-17(9-14)27-11-26-16/h2-9,15H,10-11H2,1H3,(H,20,23)(H,21,24)(H,22,25)/t15-/m1/s1. The molecule has 0 aliphatic carbocycles. The van der Waals surface area contributed by atoms with Gasteiger partial charge in [0.25, 0.3) is 5.91 Å². The molecule has 0 bridgehead atoms. The van der Waals surface area contributed by atoms with E-state index in [1.807, 2.05) is 30.3 Å². The first kappa shape index (κ1) is 18.2. The van der Waals surface area contributed by atoms with E-state index in [2.05, 4.69) is 16.2 Å². The number of rotatable bonds is 5. The zero-order valence-corrected chi connectivity index (χ0v) is 14.7. The van der Waals surface area contributed by atoms with Crippen molar-refractivity contribution < 1.29 is 23.9 Å². The first-order valence-corrected chi connectivity index (χ1v) is 8.34. The maximum atomic E-state index is 12.2. The summed E-state index contributed by atoms with van der Waals surface area (Å²) >= 11 is 0. The monoisotopic (exact) mass is 369 g/mol. The maximum Gasteiger partial charge on any atom is 0.269 e. The predicted octanol–water partition coefficient (Wildman–Crippen LogP) is 1.44. The van der Waals surface area contributed by atoms with E-state index in [9.17, 15) is 14.4 Å². The Hall–Kier alpha value is -3.55. The van der Waals surface area contributed by atoms with E-state index in [1.54, 1.807) is 12.1 Å². The van der Waals surface area contributed by atoms with Gasteiger partial charge in [0.05, 0.1) is 12.5 Å². The molecular formula is C19H19N3O5. The summed E-state index contributed by atoms with van der Waals surface area (Å²) in [6.45, 7) is 1.50. The fourth-order valence-corrected chi connectivity index (χ4v) is 2.66. The second kappa shape index (κ2) is 8.22. The third kappa shape index (κ3) is 4.75. The Morgan fingerprint density at radius 1 is 1.00 bits per heavy atom. The van der Waals surface area contributed by atoms with Gasteiger partial charge >= 0.3 is 0 Å². The van der Waals surface area contributed by atoms with E-state index < -0.39 is 17.9 Å². The molecule has 0 aromatic heterocycles. The molecular weight excluding hydrogens is 350 g/mol. The van der Waals surface area contributed by atoms with Crippen LogP contribution in [0.4, 0.5) is 0 Å². The highest BCUT2D eigenvalue weighted by Gasteiger charge is 2.19. The van der Waals surface area contributed by atoms with Crippen molar-refractivity contribution in [3.05, 3.63) is 59.7 Å². The van der Waals surface area contributed by atoms with Crippen LogP contribution in [0.15, 0.2) is 48.5 Å². The minimum Gasteiger partial charge on any atom is -0.454 e. The number of carbonyl (C=O) groups is 3. The average molecular weight is 369 g/mol. The Kier molecular flexibility index (Phi) is 5.55. The Balaban J connectivity index is 1.57. The van der Waals surface area contributed by atoms with Gasteiger partial charge in [0.2, 0.25) is 18.6 Å². The molecule has 0 saturated heterocycles. The van der Waals surface area contributed by atoms with E-state index >= 15 is 0 Å². The summed E-state index contributed by atoms with van der Waals surface area (Å²) in [6, 6.07) is 13.4. The van der Waals surface area contributed by atoms with Gasteiger partial charge in [-0.3, -0.25) is 25.2 Å². The van der Waals surface area contributed by atoms with E-state index in [-0.39, 0.29) is 19.1 Å². The van der Waals surface area contributed by atoms with Gasteiger partial charge in [0, 0.05) is 12.5 Å². The molecule has 0 fully saturated rings. The van der Waals surface area contributed by atoms with Crippen molar-refractivity contribution in [2.24, 2.45) is 0 Å². The highest BCUT2D eigenvalue weighted by atomic mass is 16.7. The molecule has 2 aromatic rings. The molecule has 2 aromatic carbocycles. The summed E-state index contributed by atoms with van der Waals surface area (Å²) in [5, 5.41) is 2.73. The van der Waals surface area contributed by atoms with Crippen molar-refractivity contribution in [3.8, 4) is 11.5 Å². The number of benzene rings is 2. The van der Waals surface area contributed by atoms with Gasteiger partial charge in [-0.05, 0) is 23.8 Å². The molecule has 0 unspecified atom stereocenters. The van der Waals surface area contributed by atoms with E-state index in [0.29, 0.717) is 17.1 Å². The molecule has 3 rings (SSSR count). The lowest BCUT2D eigenvalue weighted by molar-refractivity contribution is -0.123. The molecule has 3 N–H and O–H groups in total. The number of ether oxygens (including phenoxy) is 2. The van der Waals surface area contributed by atoms with Gasteiger partial charge in [-0.1, -0.05) is 30.3 Å². The van der Waals surface area contributed by atoms with Crippen LogP contribution in [0, 0.1) is 0 Å². The number of hydrogen-bond acceptors (Lipinski definition) is 5. The minimum atomic E-state index is -0.494. The third-order valence-corrected chi connectivity index (χ3v) is 3.92. The molecule has 8 nitrogen and oxygen atoms in total. The first-order valence-electron chi connectivity index (χ1n) is 8.34. The maximum absolute atomic E-state index is 12.2. The van der Waals surface area contributed by atoms with Crippen LogP contribution in [0.25, 0.3) is 0 Å². The molecule has 8 heteroatoms. The molecule has 1 atom stereocenters. The SMILES string of the molecule is CC(=O)N[C@H](CC(=O)NNC(=O)c1ccc2c(c1)OCO2)c1ccccc1. The minimum absolute atomic E-state index is 0.0228. The van der Waals surface area contributed by atoms with Gasteiger partial charge in [-0.15, -0.1) is 0 Å². The smallest absolute Gasteiger partial charge is 0.269 e. The summed E-state index contributed by atoms with van der Waals surface area (Å²) in [5.41, 5.74) is 5.83. The highest BCUT2D eigenvalue weighted by molar-refractivity contribution is 5.96. The van der Waals surface area contributed by atoms with Gasteiger partial charge in [0.15, 0.2) is 11.5 Å². The lowest BCUT2D eigenvalue weighted by Crippen LogP contribution is -2.43. The zero-order chi connectivity index (χ0) is 19.2. The fraction of sp³-hybridized carbons (Fsp3) is 0.211. The summed E-state index contributed by atoms with van der Waals surface area (Å²) in [4.78, 5) is 35.8. The number of carbonyl (C=O) groups excluding carboxylic acids is 3. The van der Waals surface area contributed by atoms with Gasteiger partial charge in [-0.2, -0.15) is 0 Å².